The summed E-state index contributed by atoms with van der Waals surface area (Å²) in [5, 5.41) is 17.3. The number of urea groups is 1. The van der Waals surface area contributed by atoms with E-state index in [9.17, 15) is 19.5 Å². The van der Waals surface area contributed by atoms with E-state index in [1.807, 2.05) is 94.4 Å². The van der Waals surface area contributed by atoms with Crippen molar-refractivity contribution < 1.29 is 38.4 Å². The van der Waals surface area contributed by atoms with Gasteiger partial charge in [-0.25, -0.2) is 9.59 Å². The second-order valence-corrected chi connectivity index (χ2v) is 17.5. The van der Waals surface area contributed by atoms with Gasteiger partial charge in [-0.1, -0.05) is 83.9 Å². The minimum Gasteiger partial charge on any atom is -0.489 e. The van der Waals surface area contributed by atoms with E-state index < -0.39 is 41.6 Å². The molecule has 0 radical (unpaired) electrons. The summed E-state index contributed by atoms with van der Waals surface area (Å²) in [7, 11) is 0. The molecule has 2 aliphatic heterocycles. The number of fused-ring (bicyclic) bond motifs is 2. The number of carbonyl (C=O) groups excluding carboxylic acids is 2. The normalized spacial score (nSPS) is 15.9. The number of carboxylic acids is 1. The summed E-state index contributed by atoms with van der Waals surface area (Å²) in [6, 6.07) is 31.7. The Hall–Kier alpha value is -6.76. The van der Waals surface area contributed by atoms with E-state index in [0.29, 0.717) is 62.9 Å². The van der Waals surface area contributed by atoms with E-state index in [1.54, 1.807) is 54.7 Å². The zero-order valence-electron chi connectivity index (χ0n) is 36.3. The summed E-state index contributed by atoms with van der Waals surface area (Å²) < 4.78 is 24.9. The second kappa shape index (κ2) is 19.1. The lowest BCUT2D eigenvalue weighted by atomic mass is 9.90. The third-order valence-electron chi connectivity index (χ3n) is 11.8. The molecular formula is C51H48Cl2N4O8. The molecule has 0 fully saturated rings. The fourth-order valence-electron chi connectivity index (χ4n) is 7.93. The molecule has 0 saturated heterocycles. The maximum absolute atomic E-state index is 14.7. The first kappa shape index (κ1) is 44.8. The van der Waals surface area contributed by atoms with Crippen LogP contribution < -0.4 is 29.6 Å². The fraction of sp³-hybridized carbons (Fsp3) is 0.255. The van der Waals surface area contributed by atoms with Gasteiger partial charge in [0.2, 0.25) is 5.91 Å². The van der Waals surface area contributed by atoms with Crippen LogP contribution in [0.15, 0.2) is 121 Å². The van der Waals surface area contributed by atoms with Gasteiger partial charge in [0.25, 0.3) is 0 Å². The van der Waals surface area contributed by atoms with Gasteiger partial charge in [-0.3, -0.25) is 9.78 Å². The number of rotatable bonds is 13. The van der Waals surface area contributed by atoms with Crippen LogP contribution in [0.3, 0.4) is 0 Å². The molecule has 0 spiro atoms. The molecule has 0 aliphatic carbocycles. The first-order valence-electron chi connectivity index (χ1n) is 21.2. The highest BCUT2D eigenvalue weighted by Crippen LogP contribution is 2.43. The quantitative estimate of drug-likeness (QED) is 0.103. The Morgan fingerprint density at radius 3 is 2.32 bits per heavy atom. The number of pyridine rings is 1. The van der Waals surface area contributed by atoms with Crippen LogP contribution in [-0.2, 0) is 34.6 Å². The zero-order valence-corrected chi connectivity index (χ0v) is 37.8. The molecule has 1 aromatic heterocycles. The number of halogens is 2. The number of carboxylic acid groups (broad SMARTS) is 1. The van der Waals surface area contributed by atoms with Gasteiger partial charge in [-0.15, -0.1) is 0 Å². The van der Waals surface area contributed by atoms with Crippen molar-refractivity contribution in [2.24, 2.45) is 0 Å². The molecule has 3 atom stereocenters. The van der Waals surface area contributed by atoms with Crippen LogP contribution in [-0.4, -0.2) is 52.1 Å². The molecule has 5 aromatic carbocycles. The van der Waals surface area contributed by atoms with E-state index in [2.05, 4.69) is 15.6 Å². The standard InChI is InChI=1S/C51H48Cl2N4O8/c1-30-31(2)54-22-20-43(30)64-38-15-10-32(11-16-38)25-42(49(59)60)55-48(58)47-39-27-45-44(26-35(39)21-23-57(47)50(61)56-51(3,4)36-8-6-5-7-9-36)63-29-46(65-45)34-13-17-37(18-14-34)62-28-33-12-19-40(52)41(53)24-33/h5-20,22,24,26-27,42,46-47H,21,23,25,28-29H2,1-4H3,(H,55,58)(H,56,61)(H,59,60)/t42?,46-,47+/m1/s1. The van der Waals surface area contributed by atoms with Gasteiger partial charge >= 0.3 is 12.0 Å². The summed E-state index contributed by atoms with van der Waals surface area (Å²) in [4.78, 5) is 47.6. The predicted molar refractivity (Wildman–Crippen MR) is 247 cm³/mol. The molecule has 1 unspecified atom stereocenters. The zero-order chi connectivity index (χ0) is 45.8. The number of nitrogens with one attached hydrogen (secondary N) is 2. The lowest BCUT2D eigenvalue weighted by Crippen LogP contribution is -2.56. The third kappa shape index (κ3) is 10.3. The Labute approximate surface area is 387 Å². The number of nitrogens with zero attached hydrogens (tertiary/aromatic N) is 2. The molecule has 12 nitrogen and oxygen atoms in total. The van der Waals surface area contributed by atoms with Gasteiger partial charge in [0.15, 0.2) is 17.6 Å². The largest absolute Gasteiger partial charge is 0.489 e. The molecule has 65 heavy (non-hydrogen) atoms. The van der Waals surface area contributed by atoms with Crippen molar-refractivity contribution in [2.75, 3.05) is 13.2 Å². The number of aromatic nitrogens is 1. The summed E-state index contributed by atoms with van der Waals surface area (Å²) in [5.74, 6) is 0.893. The molecule has 2 aliphatic rings. The van der Waals surface area contributed by atoms with E-state index in [-0.39, 0.29) is 19.6 Å². The molecule has 3 heterocycles. The smallest absolute Gasteiger partial charge is 0.326 e. The van der Waals surface area contributed by atoms with Crippen LogP contribution in [0.1, 0.15) is 70.6 Å². The van der Waals surface area contributed by atoms with Crippen LogP contribution in [0, 0.1) is 13.8 Å². The van der Waals surface area contributed by atoms with Crippen molar-refractivity contribution in [3.05, 3.63) is 176 Å². The number of aliphatic carboxylic acids is 1. The summed E-state index contributed by atoms with van der Waals surface area (Å²) in [6.07, 6.45) is 1.57. The second-order valence-electron chi connectivity index (χ2n) is 16.7. The van der Waals surface area contributed by atoms with Crippen LogP contribution in [0.2, 0.25) is 10.0 Å². The maximum Gasteiger partial charge on any atom is 0.326 e. The Bertz CT molecular complexity index is 2710. The fourth-order valence-corrected chi connectivity index (χ4v) is 8.25. The number of aryl methyl sites for hydroxylation is 1. The number of amides is 3. The Morgan fingerprint density at radius 1 is 0.877 bits per heavy atom. The SMILES string of the molecule is Cc1nccc(Oc2ccc(CC(NC(=O)[C@@H]3c4cc5c(cc4CCN3C(=O)NC(C)(C)c3ccccc3)OC[C@H](c3ccc(OCc4ccc(Cl)c(Cl)c4)cc3)O5)C(=O)O)cc2)c1C. The van der Waals surface area contributed by atoms with Gasteiger partial charge in [0, 0.05) is 30.4 Å². The van der Waals surface area contributed by atoms with Crippen molar-refractivity contribution in [3.8, 4) is 28.7 Å². The third-order valence-corrected chi connectivity index (χ3v) is 12.5. The summed E-state index contributed by atoms with van der Waals surface area (Å²) >= 11 is 12.2. The number of carbonyl (C=O) groups is 3. The molecule has 14 heteroatoms. The number of hydrogen-bond acceptors (Lipinski definition) is 8. The molecular weight excluding hydrogens is 867 g/mol. The van der Waals surface area contributed by atoms with Gasteiger partial charge < -0.3 is 39.6 Å². The highest BCUT2D eigenvalue weighted by atomic mass is 35.5. The topological polar surface area (TPSA) is 149 Å². The minimum absolute atomic E-state index is 0.0241. The highest BCUT2D eigenvalue weighted by Gasteiger charge is 2.41. The van der Waals surface area contributed by atoms with Crippen molar-refractivity contribution in [1.82, 2.24) is 20.5 Å². The lowest BCUT2D eigenvalue weighted by Gasteiger charge is -2.40. The number of hydrogen-bond donors (Lipinski definition) is 3. The van der Waals surface area contributed by atoms with Crippen LogP contribution in [0.5, 0.6) is 28.7 Å². The van der Waals surface area contributed by atoms with E-state index >= 15 is 0 Å². The van der Waals surface area contributed by atoms with Gasteiger partial charge in [-0.05, 0) is 122 Å². The average Bonchev–Trinajstić information content (AvgIpc) is 3.30. The van der Waals surface area contributed by atoms with Crippen LogP contribution in [0.4, 0.5) is 4.79 Å². The Morgan fingerprint density at radius 2 is 1.60 bits per heavy atom. The summed E-state index contributed by atoms with van der Waals surface area (Å²) in [5.41, 5.74) is 5.48. The molecule has 334 valence electrons. The number of ether oxygens (including phenoxy) is 4. The predicted octanol–water partition coefficient (Wildman–Crippen LogP) is 10.2. The monoisotopic (exact) mass is 914 g/mol. The highest BCUT2D eigenvalue weighted by molar-refractivity contribution is 6.42. The minimum atomic E-state index is -1.33. The first-order valence-corrected chi connectivity index (χ1v) is 22.0. The van der Waals surface area contributed by atoms with Crippen molar-refractivity contribution in [2.45, 2.75) is 70.9 Å². The molecule has 8 rings (SSSR count). The lowest BCUT2D eigenvalue weighted by molar-refractivity contribution is -0.142. The van der Waals surface area contributed by atoms with Crippen molar-refractivity contribution >= 4 is 41.1 Å². The molecule has 6 aromatic rings. The Balaban J connectivity index is 1.03. The Kier molecular flexibility index (Phi) is 13.2. The van der Waals surface area contributed by atoms with Gasteiger partial charge in [-0.2, -0.15) is 0 Å². The van der Waals surface area contributed by atoms with Crippen LogP contribution >= 0.6 is 23.2 Å². The van der Waals surface area contributed by atoms with Gasteiger partial charge in [0.1, 0.15) is 42.5 Å². The van der Waals surface area contributed by atoms with Crippen molar-refractivity contribution in [1.29, 1.82) is 0 Å². The average molecular weight is 916 g/mol. The molecule has 3 N–H and O–H groups in total. The van der Waals surface area contributed by atoms with E-state index in [0.717, 1.165) is 33.5 Å². The van der Waals surface area contributed by atoms with E-state index in [1.165, 1.54) is 4.90 Å². The summed E-state index contributed by atoms with van der Waals surface area (Å²) in [6.45, 7) is 8.32. The van der Waals surface area contributed by atoms with Crippen molar-refractivity contribution in [3.63, 3.8) is 0 Å². The molecule has 0 bridgehead atoms. The maximum atomic E-state index is 14.7. The number of benzene rings is 5. The van der Waals surface area contributed by atoms with Crippen LogP contribution in [0.25, 0.3) is 0 Å². The first-order chi connectivity index (χ1) is 31.2. The van der Waals surface area contributed by atoms with Gasteiger partial charge in [0.05, 0.1) is 15.6 Å². The molecule has 0 saturated carbocycles. The molecule has 3 amide bonds. The van der Waals surface area contributed by atoms with E-state index in [4.69, 9.17) is 42.1 Å².